The summed E-state index contributed by atoms with van der Waals surface area (Å²) in [6.07, 6.45) is 8.17. The molecule has 0 spiro atoms. The Bertz CT molecular complexity index is 294. The maximum atomic E-state index is 3.67. The molecule has 0 aliphatic carbocycles. The molecular formula is C18H37N3. The molecule has 2 atom stereocenters. The van der Waals surface area contributed by atoms with E-state index in [9.17, 15) is 0 Å². The molecule has 2 saturated heterocycles. The highest BCUT2D eigenvalue weighted by atomic mass is 15.3. The number of hydrogen-bond acceptors (Lipinski definition) is 3. The van der Waals surface area contributed by atoms with E-state index in [-0.39, 0.29) is 0 Å². The van der Waals surface area contributed by atoms with Crippen molar-refractivity contribution in [2.75, 3.05) is 45.8 Å². The molecule has 3 heteroatoms. The van der Waals surface area contributed by atoms with Gasteiger partial charge >= 0.3 is 0 Å². The second-order valence-corrected chi connectivity index (χ2v) is 7.66. The third kappa shape index (κ3) is 5.22. The van der Waals surface area contributed by atoms with Crippen LogP contribution in [0.3, 0.4) is 0 Å². The quantitative estimate of drug-likeness (QED) is 0.695. The summed E-state index contributed by atoms with van der Waals surface area (Å²) >= 11 is 0. The number of fused-ring (bicyclic) bond motifs is 1. The van der Waals surface area contributed by atoms with E-state index in [1.54, 1.807) is 0 Å². The first-order valence-electron chi connectivity index (χ1n) is 9.34. The Kier molecular flexibility index (Phi) is 6.97. The molecule has 0 amide bonds. The molecule has 0 saturated carbocycles. The lowest BCUT2D eigenvalue weighted by atomic mass is 9.84. The summed E-state index contributed by atoms with van der Waals surface area (Å²) in [5.41, 5.74) is 0.445. The van der Waals surface area contributed by atoms with Crippen molar-refractivity contribution in [2.24, 2.45) is 5.41 Å². The summed E-state index contributed by atoms with van der Waals surface area (Å²) in [6.45, 7) is 15.9. The van der Waals surface area contributed by atoms with Gasteiger partial charge in [0.15, 0.2) is 0 Å². The first-order valence-corrected chi connectivity index (χ1v) is 9.34. The van der Waals surface area contributed by atoms with Gasteiger partial charge in [-0.1, -0.05) is 33.6 Å². The van der Waals surface area contributed by atoms with E-state index in [2.05, 4.69) is 35.9 Å². The van der Waals surface area contributed by atoms with Crippen molar-refractivity contribution in [3.63, 3.8) is 0 Å². The molecule has 21 heavy (non-hydrogen) atoms. The summed E-state index contributed by atoms with van der Waals surface area (Å²) in [6, 6.07) is 0.849. The van der Waals surface area contributed by atoms with Gasteiger partial charge in [-0.25, -0.2) is 0 Å². The SMILES string of the molecule is CCCNCC(C)(CCC)CN1CCN2CCCCC2C1. The average Bonchev–Trinajstić information content (AvgIpc) is 2.47. The fraction of sp³-hybridized carbons (Fsp3) is 1.00. The maximum Gasteiger partial charge on any atom is 0.0223 e. The Hall–Kier alpha value is -0.120. The third-order valence-corrected chi connectivity index (χ3v) is 5.36. The minimum absolute atomic E-state index is 0.445. The van der Waals surface area contributed by atoms with Crippen LogP contribution in [0.15, 0.2) is 0 Å². The topological polar surface area (TPSA) is 18.5 Å². The van der Waals surface area contributed by atoms with Crippen LogP contribution >= 0.6 is 0 Å². The molecule has 2 fully saturated rings. The Morgan fingerprint density at radius 2 is 1.95 bits per heavy atom. The normalized spacial score (nSPS) is 27.3. The lowest BCUT2D eigenvalue weighted by Crippen LogP contribution is -2.57. The van der Waals surface area contributed by atoms with Crippen LogP contribution in [0.5, 0.6) is 0 Å². The van der Waals surface area contributed by atoms with Crippen molar-refractivity contribution in [1.29, 1.82) is 0 Å². The van der Waals surface area contributed by atoms with Gasteiger partial charge in [0.2, 0.25) is 0 Å². The van der Waals surface area contributed by atoms with Gasteiger partial charge in [0, 0.05) is 38.8 Å². The lowest BCUT2D eigenvalue weighted by molar-refractivity contribution is 0.0268. The zero-order valence-corrected chi connectivity index (χ0v) is 14.7. The number of piperidine rings is 1. The van der Waals surface area contributed by atoms with E-state index >= 15 is 0 Å². The van der Waals surface area contributed by atoms with Gasteiger partial charge in [0.1, 0.15) is 0 Å². The van der Waals surface area contributed by atoms with Gasteiger partial charge in [0.05, 0.1) is 0 Å². The van der Waals surface area contributed by atoms with Crippen molar-refractivity contribution in [3.05, 3.63) is 0 Å². The predicted octanol–water partition coefficient (Wildman–Crippen LogP) is 2.96. The Labute approximate surface area is 132 Å². The van der Waals surface area contributed by atoms with Crippen molar-refractivity contribution >= 4 is 0 Å². The lowest BCUT2D eigenvalue weighted by Gasteiger charge is -2.46. The highest BCUT2D eigenvalue weighted by Gasteiger charge is 2.32. The Morgan fingerprint density at radius 3 is 2.71 bits per heavy atom. The van der Waals surface area contributed by atoms with Crippen LogP contribution in [-0.4, -0.2) is 61.7 Å². The van der Waals surface area contributed by atoms with Gasteiger partial charge in [0.25, 0.3) is 0 Å². The fourth-order valence-corrected chi connectivity index (χ4v) is 4.30. The van der Waals surface area contributed by atoms with Crippen molar-refractivity contribution in [1.82, 2.24) is 15.1 Å². The number of nitrogens with zero attached hydrogens (tertiary/aromatic N) is 2. The summed E-state index contributed by atoms with van der Waals surface area (Å²) in [5.74, 6) is 0. The maximum absolute atomic E-state index is 3.67. The molecule has 2 aliphatic heterocycles. The zero-order valence-electron chi connectivity index (χ0n) is 14.7. The molecule has 0 bridgehead atoms. The second kappa shape index (κ2) is 8.50. The van der Waals surface area contributed by atoms with Crippen molar-refractivity contribution in [3.8, 4) is 0 Å². The van der Waals surface area contributed by atoms with Crippen LogP contribution in [-0.2, 0) is 0 Å². The smallest absolute Gasteiger partial charge is 0.0223 e. The van der Waals surface area contributed by atoms with Crippen LogP contribution in [0.4, 0.5) is 0 Å². The van der Waals surface area contributed by atoms with Crippen LogP contribution < -0.4 is 5.32 Å². The van der Waals surface area contributed by atoms with E-state index in [4.69, 9.17) is 0 Å². The van der Waals surface area contributed by atoms with E-state index in [0.717, 1.165) is 12.6 Å². The monoisotopic (exact) mass is 295 g/mol. The molecule has 1 N–H and O–H groups in total. The highest BCUT2D eigenvalue weighted by Crippen LogP contribution is 2.27. The van der Waals surface area contributed by atoms with Crippen LogP contribution in [0.1, 0.15) is 59.3 Å². The second-order valence-electron chi connectivity index (χ2n) is 7.66. The fourth-order valence-electron chi connectivity index (χ4n) is 4.30. The first-order chi connectivity index (χ1) is 10.2. The molecule has 2 heterocycles. The zero-order chi connectivity index (χ0) is 15.1. The van der Waals surface area contributed by atoms with Crippen molar-refractivity contribution < 1.29 is 0 Å². The van der Waals surface area contributed by atoms with Crippen LogP contribution in [0, 0.1) is 5.41 Å². The number of hydrogen-bond donors (Lipinski definition) is 1. The van der Waals surface area contributed by atoms with Gasteiger partial charge in [-0.3, -0.25) is 9.80 Å². The number of piperazine rings is 1. The predicted molar refractivity (Wildman–Crippen MR) is 91.8 cm³/mol. The molecule has 0 aromatic heterocycles. The molecule has 124 valence electrons. The standard InChI is InChI=1S/C18H37N3/c1-4-9-18(3,15-19-10-5-2)16-20-12-13-21-11-7-6-8-17(21)14-20/h17,19H,4-16H2,1-3H3. The van der Waals surface area contributed by atoms with E-state index in [1.165, 1.54) is 77.8 Å². The summed E-state index contributed by atoms with van der Waals surface area (Å²) in [7, 11) is 0. The largest absolute Gasteiger partial charge is 0.316 e. The molecule has 0 aromatic carbocycles. The van der Waals surface area contributed by atoms with E-state index in [1.807, 2.05) is 0 Å². The number of rotatable bonds is 8. The molecule has 0 aromatic rings. The number of nitrogens with one attached hydrogen (secondary N) is 1. The summed E-state index contributed by atoms with van der Waals surface area (Å²) in [5, 5.41) is 3.67. The van der Waals surface area contributed by atoms with E-state index < -0.39 is 0 Å². The molecule has 2 rings (SSSR count). The minimum atomic E-state index is 0.445. The molecule has 2 unspecified atom stereocenters. The van der Waals surface area contributed by atoms with Crippen LogP contribution in [0.2, 0.25) is 0 Å². The molecule has 3 nitrogen and oxygen atoms in total. The van der Waals surface area contributed by atoms with Gasteiger partial charge in [-0.05, 0) is 44.2 Å². The Morgan fingerprint density at radius 1 is 1.10 bits per heavy atom. The van der Waals surface area contributed by atoms with Gasteiger partial charge < -0.3 is 5.32 Å². The third-order valence-electron chi connectivity index (χ3n) is 5.36. The molecule has 2 aliphatic rings. The van der Waals surface area contributed by atoms with Crippen LogP contribution in [0.25, 0.3) is 0 Å². The van der Waals surface area contributed by atoms with E-state index in [0.29, 0.717) is 5.41 Å². The van der Waals surface area contributed by atoms with Gasteiger partial charge in [-0.15, -0.1) is 0 Å². The molecular weight excluding hydrogens is 258 g/mol. The first kappa shape index (κ1) is 17.2. The van der Waals surface area contributed by atoms with Crippen molar-refractivity contribution in [2.45, 2.75) is 65.3 Å². The molecule has 0 radical (unpaired) electrons. The average molecular weight is 296 g/mol. The summed E-state index contributed by atoms with van der Waals surface area (Å²) < 4.78 is 0. The van der Waals surface area contributed by atoms with Gasteiger partial charge in [-0.2, -0.15) is 0 Å². The summed E-state index contributed by atoms with van der Waals surface area (Å²) in [4.78, 5) is 5.50. The Balaban J connectivity index is 1.84. The highest BCUT2D eigenvalue weighted by molar-refractivity contribution is 4.88. The minimum Gasteiger partial charge on any atom is -0.316 e.